The van der Waals surface area contributed by atoms with Crippen LogP contribution in [0.5, 0.6) is 0 Å². The molecule has 0 bridgehead atoms. The van der Waals surface area contributed by atoms with E-state index in [9.17, 15) is 14.4 Å². The average Bonchev–Trinajstić information content (AvgIpc) is 2.20. The Bertz CT molecular complexity index is 429. The van der Waals surface area contributed by atoms with Gasteiger partial charge in [0, 0.05) is 0 Å². The quantitative estimate of drug-likeness (QED) is 0.399. The van der Waals surface area contributed by atoms with Crippen LogP contribution in [-0.2, 0) is 19.1 Å². The first-order valence-corrected chi connectivity index (χ1v) is 4.18. The monoisotopic (exact) mass is 224 g/mol. The molecule has 1 rings (SSSR count). The van der Waals surface area contributed by atoms with Gasteiger partial charge in [-0.05, 0) is 18.7 Å². The molecule has 2 N–H and O–H groups in total. The Hall–Kier alpha value is -2.37. The van der Waals surface area contributed by atoms with Crippen LogP contribution in [0.2, 0.25) is 0 Å². The van der Waals surface area contributed by atoms with E-state index >= 15 is 0 Å². The largest absolute Gasteiger partial charge is 0.478 e. The van der Waals surface area contributed by atoms with Gasteiger partial charge in [-0.2, -0.15) is 0 Å². The van der Waals surface area contributed by atoms with Crippen LogP contribution < -0.4 is 0 Å². The Morgan fingerprint density at radius 3 is 2.50 bits per heavy atom. The Kier molecular flexibility index (Phi) is 3.24. The summed E-state index contributed by atoms with van der Waals surface area (Å²) in [4.78, 5) is 32.5. The lowest BCUT2D eigenvalue weighted by molar-refractivity contribution is -0.139. The highest BCUT2D eigenvalue weighted by Crippen LogP contribution is 2.14. The lowest BCUT2D eigenvalue weighted by Gasteiger charge is -2.16. The summed E-state index contributed by atoms with van der Waals surface area (Å²) >= 11 is 0. The third kappa shape index (κ3) is 2.35. The predicted molar refractivity (Wildman–Crippen MR) is 51.5 cm³/mol. The third-order valence-corrected chi connectivity index (χ3v) is 1.81. The maximum absolute atomic E-state index is 11.5. The van der Waals surface area contributed by atoms with Crippen LogP contribution in [0.4, 0.5) is 0 Å². The van der Waals surface area contributed by atoms with E-state index in [1.807, 2.05) is 0 Å². The minimum atomic E-state index is -1.41. The Morgan fingerprint density at radius 2 is 2.00 bits per heavy atom. The van der Waals surface area contributed by atoms with Crippen molar-refractivity contribution in [2.24, 2.45) is 0 Å². The molecule has 84 valence electrons. The van der Waals surface area contributed by atoms with E-state index < -0.39 is 35.2 Å². The fourth-order valence-electron chi connectivity index (χ4n) is 1.05. The predicted octanol–water partition coefficient (Wildman–Crippen LogP) is 0.120. The molecule has 0 aromatic rings. The normalized spacial score (nSPS) is 18.9. The minimum Gasteiger partial charge on any atom is -0.478 e. The van der Waals surface area contributed by atoms with E-state index in [0.717, 1.165) is 6.08 Å². The number of ether oxygens (including phenoxy) is 1. The Morgan fingerprint density at radius 1 is 1.38 bits per heavy atom. The molecule has 0 radical (unpaired) electrons. The molecule has 0 spiro atoms. The number of carboxylic acid groups (broad SMARTS) is 2. The SMILES string of the molecule is C=C(OC1C=CC=C(C(=O)O)C1=O)C(=O)O. The van der Waals surface area contributed by atoms with Crippen LogP contribution in [0.1, 0.15) is 0 Å². The summed E-state index contributed by atoms with van der Waals surface area (Å²) < 4.78 is 4.71. The van der Waals surface area contributed by atoms with Crippen molar-refractivity contribution >= 4 is 17.7 Å². The van der Waals surface area contributed by atoms with Crippen molar-refractivity contribution in [2.45, 2.75) is 6.10 Å². The zero-order chi connectivity index (χ0) is 12.3. The van der Waals surface area contributed by atoms with Gasteiger partial charge in [-0.1, -0.05) is 6.08 Å². The number of Topliss-reactive ketones (excluding diaryl/α,β-unsaturated/α-hetero) is 1. The van der Waals surface area contributed by atoms with Crippen LogP contribution in [0.3, 0.4) is 0 Å². The van der Waals surface area contributed by atoms with Gasteiger partial charge in [-0.25, -0.2) is 9.59 Å². The molecule has 16 heavy (non-hydrogen) atoms. The number of carboxylic acids is 2. The molecule has 0 aliphatic heterocycles. The van der Waals surface area contributed by atoms with Crippen molar-refractivity contribution in [3.63, 3.8) is 0 Å². The highest BCUT2D eigenvalue weighted by Gasteiger charge is 2.29. The summed E-state index contributed by atoms with van der Waals surface area (Å²) in [6.45, 7) is 3.08. The number of hydrogen-bond acceptors (Lipinski definition) is 4. The van der Waals surface area contributed by atoms with Crippen LogP contribution >= 0.6 is 0 Å². The number of hydrogen-bond donors (Lipinski definition) is 2. The lowest BCUT2D eigenvalue weighted by atomic mass is 10.0. The standard InChI is InChI=1S/C10H8O6/c1-5(9(12)13)16-7-4-2-3-6(8(7)11)10(14)15/h2-4,7H,1H2,(H,12,13)(H,14,15). The summed E-state index contributed by atoms with van der Waals surface area (Å²) in [5, 5.41) is 17.1. The number of carbonyl (C=O) groups excluding carboxylic acids is 1. The first kappa shape index (κ1) is 11.7. The van der Waals surface area contributed by atoms with E-state index in [1.165, 1.54) is 12.2 Å². The van der Waals surface area contributed by atoms with Crippen LogP contribution in [-0.4, -0.2) is 34.0 Å². The zero-order valence-electron chi connectivity index (χ0n) is 8.04. The van der Waals surface area contributed by atoms with Crippen molar-refractivity contribution in [2.75, 3.05) is 0 Å². The van der Waals surface area contributed by atoms with Gasteiger partial charge in [0.1, 0.15) is 5.57 Å². The molecule has 1 unspecified atom stereocenters. The van der Waals surface area contributed by atoms with Gasteiger partial charge in [0.25, 0.3) is 0 Å². The van der Waals surface area contributed by atoms with Gasteiger partial charge in [-0.3, -0.25) is 4.79 Å². The molecule has 6 nitrogen and oxygen atoms in total. The number of rotatable bonds is 4. The van der Waals surface area contributed by atoms with Gasteiger partial charge in [0.15, 0.2) is 11.9 Å². The van der Waals surface area contributed by atoms with E-state index in [1.54, 1.807) is 0 Å². The van der Waals surface area contributed by atoms with E-state index in [4.69, 9.17) is 14.9 Å². The fourth-order valence-corrected chi connectivity index (χ4v) is 1.05. The number of aliphatic carboxylic acids is 2. The van der Waals surface area contributed by atoms with Gasteiger partial charge in [0.05, 0.1) is 0 Å². The molecule has 1 atom stereocenters. The molecule has 0 heterocycles. The Balaban J connectivity index is 2.81. The maximum Gasteiger partial charge on any atom is 0.370 e. The zero-order valence-corrected chi connectivity index (χ0v) is 8.04. The highest BCUT2D eigenvalue weighted by atomic mass is 16.5. The summed E-state index contributed by atoms with van der Waals surface area (Å²) in [6.07, 6.45) is 2.43. The molecule has 1 aliphatic rings. The van der Waals surface area contributed by atoms with Crippen LogP contribution in [0.15, 0.2) is 36.1 Å². The number of carbonyl (C=O) groups is 3. The molecule has 0 fully saturated rings. The summed E-state index contributed by atoms with van der Waals surface area (Å²) in [6, 6.07) is 0. The Labute approximate surface area is 90.1 Å². The topological polar surface area (TPSA) is 101 Å². The van der Waals surface area contributed by atoms with Crippen molar-refractivity contribution in [1.29, 1.82) is 0 Å². The smallest absolute Gasteiger partial charge is 0.370 e. The van der Waals surface area contributed by atoms with Crippen LogP contribution in [0, 0.1) is 0 Å². The second-order valence-electron chi connectivity index (χ2n) is 2.90. The van der Waals surface area contributed by atoms with Crippen molar-refractivity contribution < 1.29 is 29.3 Å². The molecule has 0 saturated carbocycles. The molecule has 0 aromatic heterocycles. The molecular weight excluding hydrogens is 216 g/mol. The van der Waals surface area contributed by atoms with Gasteiger partial charge < -0.3 is 14.9 Å². The minimum absolute atomic E-state index is 0.453. The number of ketones is 1. The second kappa shape index (κ2) is 4.43. The van der Waals surface area contributed by atoms with Crippen molar-refractivity contribution in [1.82, 2.24) is 0 Å². The molecule has 1 aliphatic carbocycles. The first-order chi connectivity index (χ1) is 7.43. The molecule has 0 aromatic carbocycles. The van der Waals surface area contributed by atoms with E-state index in [2.05, 4.69) is 6.58 Å². The van der Waals surface area contributed by atoms with Crippen molar-refractivity contribution in [3.05, 3.63) is 36.1 Å². The average molecular weight is 224 g/mol. The van der Waals surface area contributed by atoms with Gasteiger partial charge in [0.2, 0.25) is 5.78 Å². The molecule has 0 amide bonds. The first-order valence-electron chi connectivity index (χ1n) is 4.18. The van der Waals surface area contributed by atoms with Gasteiger partial charge >= 0.3 is 11.9 Å². The highest BCUT2D eigenvalue weighted by molar-refractivity contribution is 6.19. The van der Waals surface area contributed by atoms with E-state index in [0.29, 0.717) is 0 Å². The van der Waals surface area contributed by atoms with Crippen molar-refractivity contribution in [3.8, 4) is 0 Å². The molecule has 6 heteroatoms. The molecular formula is C10H8O6. The second-order valence-corrected chi connectivity index (χ2v) is 2.90. The van der Waals surface area contributed by atoms with Crippen LogP contribution in [0.25, 0.3) is 0 Å². The number of allylic oxidation sites excluding steroid dienone is 2. The molecule has 0 saturated heterocycles. The third-order valence-electron chi connectivity index (χ3n) is 1.81. The van der Waals surface area contributed by atoms with Gasteiger partial charge in [-0.15, -0.1) is 0 Å². The summed E-state index contributed by atoms with van der Waals surface area (Å²) in [5.41, 5.74) is -0.453. The summed E-state index contributed by atoms with van der Waals surface area (Å²) in [7, 11) is 0. The lowest BCUT2D eigenvalue weighted by Crippen LogP contribution is -2.29. The summed E-state index contributed by atoms with van der Waals surface area (Å²) in [5.74, 6) is -4.22. The fraction of sp³-hybridized carbons (Fsp3) is 0.100. The van der Waals surface area contributed by atoms with E-state index in [-0.39, 0.29) is 0 Å². The maximum atomic E-state index is 11.5.